The molecule has 1 aromatic heterocycles. The molecular weight excluding hydrogens is 330 g/mol. The largest absolute Gasteiger partial charge is 0.497 e. The van der Waals surface area contributed by atoms with Crippen LogP contribution in [0.1, 0.15) is 6.42 Å². The Morgan fingerprint density at radius 2 is 2.25 bits per heavy atom. The molecule has 1 amide bonds. The van der Waals surface area contributed by atoms with Gasteiger partial charge in [0.25, 0.3) is 0 Å². The van der Waals surface area contributed by atoms with Crippen molar-refractivity contribution < 1.29 is 14.3 Å². The number of nitriles is 1. The first-order valence-corrected chi connectivity index (χ1v) is 8.07. The van der Waals surface area contributed by atoms with Gasteiger partial charge in [0, 0.05) is 12.6 Å². The van der Waals surface area contributed by atoms with E-state index in [1.807, 2.05) is 12.1 Å². The normalized spacial score (nSPS) is 10.0. The van der Waals surface area contributed by atoms with E-state index in [0.29, 0.717) is 35.4 Å². The topological polar surface area (TPSA) is 113 Å². The molecular formula is C15H17N5O3S. The number of carbonyl (C=O) groups excluding carboxylic acids is 1. The third kappa shape index (κ3) is 4.63. The SMILES string of the molecule is COc1ccc(-c2nc(SCC(=O)NCCC#N)n[nH]2)c(OC)c1. The van der Waals surface area contributed by atoms with Crippen LogP contribution >= 0.6 is 11.8 Å². The molecule has 0 fully saturated rings. The van der Waals surface area contributed by atoms with E-state index >= 15 is 0 Å². The van der Waals surface area contributed by atoms with Gasteiger partial charge in [0.2, 0.25) is 11.1 Å². The number of aromatic nitrogens is 3. The van der Waals surface area contributed by atoms with Crippen LogP contribution in [-0.2, 0) is 4.79 Å². The summed E-state index contributed by atoms with van der Waals surface area (Å²) in [6.07, 6.45) is 0.290. The summed E-state index contributed by atoms with van der Waals surface area (Å²) in [5.74, 6) is 1.85. The molecule has 1 heterocycles. The average Bonchev–Trinajstić information content (AvgIpc) is 3.08. The lowest BCUT2D eigenvalue weighted by molar-refractivity contribution is -0.118. The number of aromatic amines is 1. The molecule has 0 radical (unpaired) electrons. The second-order valence-electron chi connectivity index (χ2n) is 4.58. The molecule has 2 N–H and O–H groups in total. The predicted octanol–water partition coefficient (Wildman–Crippen LogP) is 1.61. The summed E-state index contributed by atoms with van der Waals surface area (Å²) in [7, 11) is 3.15. The molecule has 8 nitrogen and oxygen atoms in total. The number of carbonyl (C=O) groups is 1. The van der Waals surface area contributed by atoms with Crippen molar-refractivity contribution in [2.75, 3.05) is 26.5 Å². The minimum atomic E-state index is -0.163. The van der Waals surface area contributed by atoms with Gasteiger partial charge in [-0.15, -0.1) is 5.10 Å². The summed E-state index contributed by atoms with van der Waals surface area (Å²) < 4.78 is 10.5. The van der Waals surface area contributed by atoms with Crippen LogP contribution < -0.4 is 14.8 Å². The van der Waals surface area contributed by atoms with Gasteiger partial charge in [-0.2, -0.15) is 5.26 Å². The number of rotatable bonds is 8. The zero-order valence-corrected chi connectivity index (χ0v) is 14.1. The molecule has 0 aliphatic rings. The lowest BCUT2D eigenvalue weighted by atomic mass is 10.2. The molecule has 0 unspecified atom stereocenters. The Hall–Kier alpha value is -2.73. The molecule has 0 atom stereocenters. The van der Waals surface area contributed by atoms with Gasteiger partial charge in [-0.05, 0) is 12.1 Å². The summed E-state index contributed by atoms with van der Waals surface area (Å²) in [5.41, 5.74) is 0.746. The number of H-pyrrole nitrogens is 1. The number of methoxy groups -OCH3 is 2. The van der Waals surface area contributed by atoms with Crippen molar-refractivity contribution in [3.05, 3.63) is 18.2 Å². The van der Waals surface area contributed by atoms with Gasteiger partial charge in [-0.1, -0.05) is 11.8 Å². The zero-order valence-electron chi connectivity index (χ0n) is 13.3. The summed E-state index contributed by atoms with van der Waals surface area (Å²) in [6, 6.07) is 7.34. The number of ether oxygens (including phenoxy) is 2. The minimum Gasteiger partial charge on any atom is -0.497 e. The van der Waals surface area contributed by atoms with Gasteiger partial charge in [-0.3, -0.25) is 9.89 Å². The first kappa shape index (κ1) is 17.6. The van der Waals surface area contributed by atoms with Crippen LogP contribution in [0.4, 0.5) is 0 Å². The van der Waals surface area contributed by atoms with E-state index in [1.54, 1.807) is 26.4 Å². The van der Waals surface area contributed by atoms with E-state index in [0.717, 1.165) is 5.56 Å². The van der Waals surface area contributed by atoms with Crippen molar-refractivity contribution in [2.24, 2.45) is 0 Å². The summed E-state index contributed by atoms with van der Waals surface area (Å²) in [5, 5.41) is 18.4. The zero-order chi connectivity index (χ0) is 17.4. The molecule has 1 aromatic carbocycles. The van der Waals surface area contributed by atoms with Crippen LogP contribution in [0.25, 0.3) is 11.4 Å². The molecule has 0 bridgehead atoms. The summed E-state index contributed by atoms with van der Waals surface area (Å²) >= 11 is 1.21. The maximum absolute atomic E-state index is 11.6. The highest BCUT2D eigenvalue weighted by atomic mass is 32.2. The van der Waals surface area contributed by atoms with Gasteiger partial charge >= 0.3 is 0 Å². The second kappa shape index (κ2) is 8.79. The van der Waals surface area contributed by atoms with Gasteiger partial charge in [-0.25, -0.2) is 4.98 Å². The van der Waals surface area contributed by atoms with Crippen molar-refractivity contribution in [3.8, 4) is 29.0 Å². The predicted molar refractivity (Wildman–Crippen MR) is 88.9 cm³/mol. The van der Waals surface area contributed by atoms with Crippen LogP contribution in [0.5, 0.6) is 11.5 Å². The van der Waals surface area contributed by atoms with Gasteiger partial charge in [0.15, 0.2) is 5.82 Å². The van der Waals surface area contributed by atoms with Crippen molar-refractivity contribution in [2.45, 2.75) is 11.6 Å². The van der Waals surface area contributed by atoms with Crippen molar-refractivity contribution in [1.29, 1.82) is 5.26 Å². The maximum atomic E-state index is 11.6. The van der Waals surface area contributed by atoms with Crippen LogP contribution in [-0.4, -0.2) is 47.6 Å². The Balaban J connectivity index is 2.01. The quantitative estimate of drug-likeness (QED) is 0.551. The molecule has 0 saturated heterocycles. The third-order valence-corrected chi connectivity index (χ3v) is 3.87. The Bertz CT molecular complexity index is 741. The first-order valence-electron chi connectivity index (χ1n) is 7.09. The molecule has 24 heavy (non-hydrogen) atoms. The lowest BCUT2D eigenvalue weighted by Gasteiger charge is -2.07. The highest BCUT2D eigenvalue weighted by Gasteiger charge is 2.13. The highest BCUT2D eigenvalue weighted by Crippen LogP contribution is 2.31. The highest BCUT2D eigenvalue weighted by molar-refractivity contribution is 7.99. The van der Waals surface area contributed by atoms with Crippen LogP contribution in [0.2, 0.25) is 0 Å². The average molecular weight is 347 g/mol. The molecule has 0 spiro atoms. The fraction of sp³-hybridized carbons (Fsp3) is 0.333. The summed E-state index contributed by atoms with van der Waals surface area (Å²) in [6.45, 7) is 0.345. The Labute approximate surface area is 143 Å². The number of nitrogens with zero attached hydrogens (tertiary/aromatic N) is 3. The lowest BCUT2D eigenvalue weighted by Crippen LogP contribution is -2.25. The maximum Gasteiger partial charge on any atom is 0.230 e. The second-order valence-corrected chi connectivity index (χ2v) is 5.52. The minimum absolute atomic E-state index is 0.163. The van der Waals surface area contributed by atoms with E-state index in [-0.39, 0.29) is 11.7 Å². The fourth-order valence-corrected chi connectivity index (χ4v) is 2.49. The first-order chi connectivity index (χ1) is 11.7. The Morgan fingerprint density at radius 3 is 2.96 bits per heavy atom. The van der Waals surface area contributed by atoms with E-state index in [9.17, 15) is 4.79 Å². The Morgan fingerprint density at radius 1 is 1.42 bits per heavy atom. The van der Waals surface area contributed by atoms with Gasteiger partial charge in [0.05, 0.1) is 38.0 Å². The number of hydrogen-bond donors (Lipinski definition) is 2. The van der Waals surface area contributed by atoms with Crippen molar-refractivity contribution in [3.63, 3.8) is 0 Å². The van der Waals surface area contributed by atoms with Crippen LogP contribution in [0.15, 0.2) is 23.4 Å². The monoisotopic (exact) mass is 347 g/mol. The molecule has 126 valence electrons. The van der Waals surface area contributed by atoms with E-state index in [2.05, 4.69) is 20.5 Å². The molecule has 0 aliphatic carbocycles. The van der Waals surface area contributed by atoms with Gasteiger partial charge in [0.1, 0.15) is 11.5 Å². The third-order valence-electron chi connectivity index (χ3n) is 3.02. The van der Waals surface area contributed by atoms with E-state index in [4.69, 9.17) is 14.7 Å². The van der Waals surface area contributed by atoms with Crippen LogP contribution in [0, 0.1) is 11.3 Å². The van der Waals surface area contributed by atoms with Crippen molar-refractivity contribution in [1.82, 2.24) is 20.5 Å². The molecule has 0 aliphatic heterocycles. The molecule has 2 rings (SSSR count). The van der Waals surface area contributed by atoms with E-state index < -0.39 is 0 Å². The van der Waals surface area contributed by atoms with Crippen molar-refractivity contribution >= 4 is 17.7 Å². The standard InChI is InChI=1S/C15H17N5O3S/c1-22-10-4-5-11(12(8-10)23-2)14-18-15(20-19-14)24-9-13(21)17-7-3-6-16/h4-5,8H,3,7,9H2,1-2H3,(H,17,21)(H,18,19,20). The smallest absolute Gasteiger partial charge is 0.230 e. The molecule has 9 heteroatoms. The van der Waals surface area contributed by atoms with Gasteiger partial charge < -0.3 is 14.8 Å². The number of thioether (sulfide) groups is 1. The Kier molecular flexibility index (Phi) is 6.45. The summed E-state index contributed by atoms with van der Waals surface area (Å²) in [4.78, 5) is 16.0. The fourth-order valence-electron chi connectivity index (χ4n) is 1.86. The number of benzene rings is 1. The number of hydrogen-bond acceptors (Lipinski definition) is 7. The number of nitrogens with one attached hydrogen (secondary N) is 2. The molecule has 0 saturated carbocycles. The molecule has 2 aromatic rings. The van der Waals surface area contributed by atoms with Crippen LogP contribution in [0.3, 0.4) is 0 Å². The van der Waals surface area contributed by atoms with E-state index in [1.165, 1.54) is 11.8 Å². The number of amides is 1.